The summed E-state index contributed by atoms with van der Waals surface area (Å²) in [5.74, 6) is 0.248. The average Bonchev–Trinajstić information content (AvgIpc) is 2.55. The molecular formula is C20H27F3N2O4. The summed E-state index contributed by atoms with van der Waals surface area (Å²) in [6.07, 6.45) is -3.01. The molecule has 0 aliphatic heterocycles. The third kappa shape index (κ3) is 6.54. The van der Waals surface area contributed by atoms with Gasteiger partial charge in [-0.05, 0) is 57.2 Å². The third-order valence-corrected chi connectivity index (χ3v) is 5.08. The Morgan fingerprint density at radius 1 is 1.21 bits per heavy atom. The molecule has 0 saturated heterocycles. The van der Waals surface area contributed by atoms with Crippen LogP contribution in [0.5, 0.6) is 0 Å². The van der Waals surface area contributed by atoms with Crippen molar-refractivity contribution in [2.75, 3.05) is 13.2 Å². The molecular weight excluding hydrogens is 389 g/mol. The molecule has 1 aliphatic carbocycles. The van der Waals surface area contributed by atoms with Crippen LogP contribution in [0.2, 0.25) is 0 Å². The minimum Gasteiger partial charge on any atom is -0.450 e. The lowest BCUT2D eigenvalue weighted by atomic mass is 9.74. The molecule has 0 spiro atoms. The van der Waals surface area contributed by atoms with Gasteiger partial charge in [0.1, 0.15) is 5.60 Å². The van der Waals surface area contributed by atoms with E-state index >= 15 is 0 Å². The lowest BCUT2D eigenvalue weighted by Gasteiger charge is -2.39. The topological polar surface area (TPSA) is 76.7 Å². The van der Waals surface area contributed by atoms with Crippen LogP contribution in [0.25, 0.3) is 0 Å². The Morgan fingerprint density at radius 3 is 2.45 bits per heavy atom. The Morgan fingerprint density at radius 2 is 1.90 bits per heavy atom. The number of alkyl halides is 3. The number of halogens is 3. The molecule has 29 heavy (non-hydrogen) atoms. The van der Waals surface area contributed by atoms with E-state index in [0.717, 1.165) is 31.4 Å². The molecule has 162 valence electrons. The molecule has 0 heterocycles. The number of carbonyl (C=O) groups is 2. The zero-order chi connectivity index (χ0) is 21.7. The Hall–Kier alpha value is -2.45. The summed E-state index contributed by atoms with van der Waals surface area (Å²) in [5, 5.41) is 5.01. The normalized spacial score (nSPS) is 15.8. The van der Waals surface area contributed by atoms with Gasteiger partial charge in [0.15, 0.2) is 0 Å². The molecule has 2 N–H and O–H groups in total. The Balaban J connectivity index is 2.14. The number of ether oxygens (including phenoxy) is 2. The van der Waals surface area contributed by atoms with Crippen LogP contribution < -0.4 is 10.6 Å². The smallest absolute Gasteiger partial charge is 0.416 e. The van der Waals surface area contributed by atoms with Gasteiger partial charge in [-0.2, -0.15) is 13.2 Å². The molecule has 2 rings (SSSR count). The predicted octanol–water partition coefficient (Wildman–Crippen LogP) is 4.80. The summed E-state index contributed by atoms with van der Waals surface area (Å²) >= 11 is 0. The predicted molar refractivity (Wildman–Crippen MR) is 100 cm³/mol. The molecule has 6 nitrogen and oxygen atoms in total. The largest absolute Gasteiger partial charge is 0.450 e. The van der Waals surface area contributed by atoms with Crippen molar-refractivity contribution in [3.8, 4) is 0 Å². The van der Waals surface area contributed by atoms with Crippen molar-refractivity contribution in [3.63, 3.8) is 0 Å². The summed E-state index contributed by atoms with van der Waals surface area (Å²) < 4.78 is 49.5. The van der Waals surface area contributed by atoms with E-state index in [1.165, 1.54) is 12.1 Å². The van der Waals surface area contributed by atoms with Crippen molar-refractivity contribution < 1.29 is 32.2 Å². The van der Waals surface area contributed by atoms with E-state index in [1.807, 2.05) is 13.8 Å². The van der Waals surface area contributed by atoms with E-state index in [0.29, 0.717) is 0 Å². The highest BCUT2D eigenvalue weighted by Gasteiger charge is 2.38. The molecule has 1 aliphatic rings. The van der Waals surface area contributed by atoms with Crippen LogP contribution in [0.4, 0.5) is 22.8 Å². The SMILES string of the molecule is CCOC(=O)NCC(NC(=O)OC(C)(C)C1CCC1)c1cccc(C(F)(F)F)c1. The molecule has 1 fully saturated rings. The average molecular weight is 416 g/mol. The quantitative estimate of drug-likeness (QED) is 0.670. The van der Waals surface area contributed by atoms with E-state index in [2.05, 4.69) is 10.6 Å². The summed E-state index contributed by atoms with van der Waals surface area (Å²) in [4.78, 5) is 24.0. The van der Waals surface area contributed by atoms with Gasteiger partial charge in [-0.15, -0.1) is 0 Å². The van der Waals surface area contributed by atoms with E-state index < -0.39 is 35.6 Å². The van der Waals surface area contributed by atoms with Gasteiger partial charge in [-0.3, -0.25) is 0 Å². The van der Waals surface area contributed by atoms with Crippen molar-refractivity contribution in [1.29, 1.82) is 0 Å². The Bertz CT molecular complexity index is 718. The number of alkyl carbamates (subject to hydrolysis) is 2. The van der Waals surface area contributed by atoms with Gasteiger partial charge in [-0.1, -0.05) is 18.6 Å². The molecule has 0 aromatic heterocycles. The minimum absolute atomic E-state index is 0.144. The van der Waals surface area contributed by atoms with E-state index in [1.54, 1.807) is 6.92 Å². The van der Waals surface area contributed by atoms with E-state index in [9.17, 15) is 22.8 Å². The number of rotatable bonds is 7. The van der Waals surface area contributed by atoms with Gasteiger partial charge in [0, 0.05) is 6.54 Å². The van der Waals surface area contributed by atoms with Crippen LogP contribution in [0.1, 0.15) is 57.2 Å². The molecule has 1 atom stereocenters. The summed E-state index contributed by atoms with van der Waals surface area (Å²) in [7, 11) is 0. The maximum Gasteiger partial charge on any atom is 0.416 e. The summed E-state index contributed by atoms with van der Waals surface area (Å²) in [6, 6.07) is 3.66. The van der Waals surface area contributed by atoms with Crippen molar-refractivity contribution in [2.24, 2.45) is 5.92 Å². The van der Waals surface area contributed by atoms with Crippen LogP contribution in [-0.4, -0.2) is 30.9 Å². The van der Waals surface area contributed by atoms with E-state index in [-0.39, 0.29) is 24.6 Å². The highest BCUT2D eigenvalue weighted by atomic mass is 19.4. The number of benzene rings is 1. The second-order valence-corrected chi connectivity index (χ2v) is 7.54. The second kappa shape index (κ2) is 9.37. The van der Waals surface area contributed by atoms with Gasteiger partial charge in [0.2, 0.25) is 0 Å². The van der Waals surface area contributed by atoms with Crippen LogP contribution >= 0.6 is 0 Å². The molecule has 0 bridgehead atoms. The number of carbonyl (C=O) groups excluding carboxylic acids is 2. The minimum atomic E-state index is -4.53. The first-order valence-corrected chi connectivity index (χ1v) is 9.60. The molecule has 1 unspecified atom stereocenters. The van der Waals surface area contributed by atoms with Crippen LogP contribution in [0.15, 0.2) is 24.3 Å². The number of amides is 2. The van der Waals surface area contributed by atoms with Crippen molar-refractivity contribution in [1.82, 2.24) is 10.6 Å². The fourth-order valence-corrected chi connectivity index (χ4v) is 3.15. The van der Waals surface area contributed by atoms with Crippen molar-refractivity contribution >= 4 is 12.2 Å². The van der Waals surface area contributed by atoms with Gasteiger partial charge in [0.05, 0.1) is 18.2 Å². The molecule has 1 aromatic carbocycles. The first-order chi connectivity index (χ1) is 13.5. The first-order valence-electron chi connectivity index (χ1n) is 9.60. The Kier molecular flexibility index (Phi) is 7.37. The summed E-state index contributed by atoms with van der Waals surface area (Å²) in [6.45, 7) is 5.24. The zero-order valence-corrected chi connectivity index (χ0v) is 16.8. The second-order valence-electron chi connectivity index (χ2n) is 7.54. The van der Waals surface area contributed by atoms with Crippen LogP contribution in [-0.2, 0) is 15.7 Å². The maximum atomic E-state index is 13.1. The number of hydrogen-bond donors (Lipinski definition) is 2. The maximum absolute atomic E-state index is 13.1. The fraction of sp³-hybridized carbons (Fsp3) is 0.600. The van der Waals surface area contributed by atoms with Crippen molar-refractivity contribution in [3.05, 3.63) is 35.4 Å². The lowest BCUT2D eigenvalue weighted by molar-refractivity contribution is -0.137. The number of nitrogens with one attached hydrogen (secondary N) is 2. The zero-order valence-electron chi connectivity index (χ0n) is 16.8. The van der Waals surface area contributed by atoms with Crippen molar-refractivity contribution in [2.45, 2.75) is 57.9 Å². The lowest BCUT2D eigenvalue weighted by Crippen LogP contribution is -2.45. The monoisotopic (exact) mass is 416 g/mol. The van der Waals surface area contributed by atoms with Gasteiger partial charge in [0.25, 0.3) is 0 Å². The highest BCUT2D eigenvalue weighted by Crippen LogP contribution is 2.38. The van der Waals surface area contributed by atoms with Gasteiger partial charge in [-0.25, -0.2) is 9.59 Å². The van der Waals surface area contributed by atoms with Crippen LogP contribution in [0.3, 0.4) is 0 Å². The van der Waals surface area contributed by atoms with E-state index in [4.69, 9.17) is 9.47 Å². The highest BCUT2D eigenvalue weighted by molar-refractivity contribution is 5.69. The molecule has 9 heteroatoms. The standard InChI is InChI=1S/C20H27F3N2O4/c1-4-28-17(26)24-12-16(13-7-5-10-15(11-13)20(21,22)23)25-18(27)29-19(2,3)14-8-6-9-14/h5,7,10-11,14,16H,4,6,8-9,12H2,1-3H3,(H,24,26)(H,25,27). The third-order valence-electron chi connectivity index (χ3n) is 5.08. The Labute approximate surface area is 168 Å². The molecule has 1 aromatic rings. The van der Waals surface area contributed by atoms with Crippen LogP contribution in [0, 0.1) is 5.92 Å². The van der Waals surface area contributed by atoms with Gasteiger partial charge >= 0.3 is 18.4 Å². The molecule has 0 radical (unpaired) electrons. The fourth-order valence-electron chi connectivity index (χ4n) is 3.15. The molecule has 2 amide bonds. The number of hydrogen-bond acceptors (Lipinski definition) is 4. The first kappa shape index (κ1) is 22.8. The van der Waals surface area contributed by atoms with Gasteiger partial charge < -0.3 is 20.1 Å². The molecule has 1 saturated carbocycles. The summed E-state index contributed by atoms with van der Waals surface area (Å²) in [5.41, 5.74) is -1.34.